The van der Waals surface area contributed by atoms with Crippen LogP contribution in [0.3, 0.4) is 0 Å². The molecule has 1 aliphatic carbocycles. The number of pyridine rings is 1. The van der Waals surface area contributed by atoms with E-state index in [2.05, 4.69) is 28.2 Å². The molecule has 7 nitrogen and oxygen atoms in total. The highest BCUT2D eigenvalue weighted by Crippen LogP contribution is 2.45. The van der Waals surface area contributed by atoms with Crippen molar-refractivity contribution in [3.8, 4) is 0 Å². The van der Waals surface area contributed by atoms with Crippen molar-refractivity contribution < 1.29 is 19.4 Å². The molecule has 8 heteroatoms. The number of ether oxygens (including phenoxy) is 2. The van der Waals surface area contributed by atoms with Crippen molar-refractivity contribution in [3.05, 3.63) is 35.0 Å². The number of halogens is 1. The van der Waals surface area contributed by atoms with Gasteiger partial charge < -0.3 is 19.9 Å². The zero-order valence-electron chi connectivity index (χ0n) is 20.9. The summed E-state index contributed by atoms with van der Waals surface area (Å²) in [7, 11) is 0. The maximum atomic E-state index is 12.9. The van der Waals surface area contributed by atoms with Gasteiger partial charge in [0.05, 0.1) is 31.0 Å². The topological polar surface area (TPSA) is 83.9 Å². The molecule has 36 heavy (non-hydrogen) atoms. The number of piperidine rings is 1. The van der Waals surface area contributed by atoms with Crippen LogP contribution in [0.25, 0.3) is 10.8 Å². The minimum Gasteiger partial charge on any atom is -0.389 e. The van der Waals surface area contributed by atoms with E-state index in [9.17, 15) is 9.90 Å². The van der Waals surface area contributed by atoms with Gasteiger partial charge in [-0.1, -0.05) is 11.6 Å². The maximum absolute atomic E-state index is 12.9. The number of aliphatic hydroxyl groups is 1. The van der Waals surface area contributed by atoms with Crippen LogP contribution in [0.4, 0.5) is 5.82 Å². The van der Waals surface area contributed by atoms with Crippen molar-refractivity contribution in [1.29, 1.82) is 0 Å². The molecule has 194 valence electrons. The molecule has 1 aromatic carbocycles. The van der Waals surface area contributed by atoms with Crippen LogP contribution in [0.15, 0.2) is 24.4 Å². The minimum atomic E-state index is -0.444. The summed E-state index contributed by atoms with van der Waals surface area (Å²) < 4.78 is 11.4. The van der Waals surface area contributed by atoms with Gasteiger partial charge in [-0.05, 0) is 99.5 Å². The van der Waals surface area contributed by atoms with Gasteiger partial charge >= 0.3 is 0 Å². The van der Waals surface area contributed by atoms with Crippen LogP contribution in [-0.4, -0.2) is 71.6 Å². The molecule has 2 N–H and O–H groups in total. The Balaban J connectivity index is 1.13. The van der Waals surface area contributed by atoms with Crippen LogP contribution in [-0.2, 0) is 14.3 Å². The Hall–Kier alpha value is -1.77. The first-order valence-electron chi connectivity index (χ1n) is 13.4. The molecule has 1 aromatic heterocycles. The lowest BCUT2D eigenvalue weighted by Gasteiger charge is -2.43. The predicted molar refractivity (Wildman–Crippen MR) is 139 cm³/mol. The third-order valence-corrected chi connectivity index (χ3v) is 9.33. The van der Waals surface area contributed by atoms with Crippen molar-refractivity contribution in [1.82, 2.24) is 9.88 Å². The van der Waals surface area contributed by atoms with Crippen molar-refractivity contribution >= 4 is 34.1 Å². The highest BCUT2D eigenvalue weighted by Gasteiger charge is 2.48. The largest absolute Gasteiger partial charge is 0.389 e. The molecule has 3 aliphatic heterocycles. The van der Waals surface area contributed by atoms with E-state index in [0.29, 0.717) is 30.9 Å². The molecule has 1 amide bonds. The summed E-state index contributed by atoms with van der Waals surface area (Å²) in [6, 6.07) is 6.12. The smallest absolute Gasteiger partial charge is 0.229 e. The number of aromatic nitrogens is 1. The molecule has 1 unspecified atom stereocenters. The second-order valence-electron chi connectivity index (χ2n) is 11.3. The lowest BCUT2D eigenvalue weighted by molar-refractivity contribution is -0.118. The summed E-state index contributed by atoms with van der Waals surface area (Å²) >= 11 is 6.73. The highest BCUT2D eigenvalue weighted by atomic mass is 35.5. The average molecular weight is 514 g/mol. The van der Waals surface area contributed by atoms with Gasteiger partial charge in [0, 0.05) is 29.1 Å². The standard InChI is InChI=1S/C28H36ClN3O4/c1-28(16-35-15-25(28)33)32-7-5-17(6-8-32)20-10-18-12-26(30-14-19(18)11-23(20)29)31-27(34)22-13-21(22)24-4-2-3-9-36-24/h10-12,14,17,21-22,24-25,33H,2-9,13,15-16H2,1H3,(H,30,31,34)/t21-,22-,24?,25+,28-/m0/s1. The molecular formula is C28H36ClN3O4. The van der Waals surface area contributed by atoms with Gasteiger partial charge in [0.2, 0.25) is 5.91 Å². The summed E-state index contributed by atoms with van der Waals surface area (Å²) in [6.45, 7) is 5.72. The van der Waals surface area contributed by atoms with Crippen molar-refractivity contribution in [2.24, 2.45) is 11.8 Å². The molecule has 4 heterocycles. The van der Waals surface area contributed by atoms with Gasteiger partial charge in [-0.25, -0.2) is 4.98 Å². The van der Waals surface area contributed by atoms with Crippen LogP contribution in [0.5, 0.6) is 0 Å². The number of nitrogens with one attached hydrogen (secondary N) is 1. The van der Waals surface area contributed by atoms with Gasteiger partial charge in [-0.15, -0.1) is 0 Å². The number of likely N-dealkylation sites (tertiary alicyclic amines) is 1. The van der Waals surface area contributed by atoms with Crippen LogP contribution in [0.1, 0.15) is 56.9 Å². The third-order valence-electron chi connectivity index (χ3n) is 9.00. The zero-order chi connectivity index (χ0) is 24.9. The van der Waals surface area contributed by atoms with E-state index in [0.717, 1.165) is 73.2 Å². The fourth-order valence-electron chi connectivity index (χ4n) is 6.47. The average Bonchev–Trinajstić information content (AvgIpc) is 3.63. The zero-order valence-corrected chi connectivity index (χ0v) is 21.7. The van der Waals surface area contributed by atoms with E-state index in [-0.39, 0.29) is 23.5 Å². The lowest BCUT2D eigenvalue weighted by atomic mass is 9.85. The normalized spacial score (nSPS) is 33.6. The van der Waals surface area contributed by atoms with Gasteiger partial charge in [-0.2, -0.15) is 0 Å². The Labute approximate surface area is 217 Å². The number of carbonyl (C=O) groups is 1. The summed E-state index contributed by atoms with van der Waals surface area (Å²) in [5.41, 5.74) is 0.845. The quantitative estimate of drug-likeness (QED) is 0.618. The van der Waals surface area contributed by atoms with E-state index in [1.54, 1.807) is 6.20 Å². The van der Waals surface area contributed by atoms with Gasteiger partial charge in [-0.3, -0.25) is 9.69 Å². The van der Waals surface area contributed by atoms with Crippen molar-refractivity contribution in [2.75, 3.05) is 38.2 Å². The number of hydrogen-bond acceptors (Lipinski definition) is 6. The molecule has 4 aliphatic rings. The van der Waals surface area contributed by atoms with Gasteiger partial charge in [0.15, 0.2) is 0 Å². The second kappa shape index (κ2) is 9.84. The number of nitrogens with zero attached hydrogens (tertiary/aromatic N) is 2. The van der Waals surface area contributed by atoms with E-state index in [1.807, 2.05) is 12.1 Å². The van der Waals surface area contributed by atoms with Crippen molar-refractivity contribution in [2.45, 2.75) is 69.1 Å². The van der Waals surface area contributed by atoms with E-state index in [1.165, 1.54) is 6.42 Å². The minimum absolute atomic E-state index is 0.0298. The number of carbonyl (C=O) groups excluding carboxylic acids is 1. The summed E-state index contributed by atoms with van der Waals surface area (Å²) in [5, 5.41) is 16.2. The molecule has 0 spiro atoms. The van der Waals surface area contributed by atoms with Crippen LogP contribution < -0.4 is 5.32 Å². The molecule has 4 fully saturated rings. The van der Waals surface area contributed by atoms with Crippen molar-refractivity contribution in [3.63, 3.8) is 0 Å². The molecular weight excluding hydrogens is 478 g/mol. The first kappa shape index (κ1) is 24.6. The number of amides is 1. The number of hydrogen-bond donors (Lipinski definition) is 2. The van der Waals surface area contributed by atoms with Crippen LogP contribution in [0, 0.1) is 11.8 Å². The molecule has 2 aromatic rings. The van der Waals surface area contributed by atoms with E-state index >= 15 is 0 Å². The summed E-state index contributed by atoms with van der Waals surface area (Å²) in [5.74, 6) is 1.38. The number of benzene rings is 1. The first-order chi connectivity index (χ1) is 17.4. The molecule has 0 bridgehead atoms. The first-order valence-corrected chi connectivity index (χ1v) is 13.8. The Morgan fingerprint density at radius 2 is 2.03 bits per heavy atom. The monoisotopic (exact) mass is 513 g/mol. The second-order valence-corrected chi connectivity index (χ2v) is 11.7. The number of aliphatic hydroxyl groups excluding tert-OH is 1. The van der Waals surface area contributed by atoms with Crippen LogP contribution in [0.2, 0.25) is 5.02 Å². The van der Waals surface area contributed by atoms with E-state index < -0.39 is 6.10 Å². The maximum Gasteiger partial charge on any atom is 0.229 e. The Kier molecular flexibility index (Phi) is 6.71. The van der Waals surface area contributed by atoms with Gasteiger partial charge in [0.1, 0.15) is 5.82 Å². The SMILES string of the molecule is C[C@]1(N2CCC(c3cc4cc(NC(=O)[C@H]5C[C@@H]5C5CCCCO5)ncc4cc3Cl)CC2)COC[C@H]1O. The molecule has 5 atom stereocenters. The lowest BCUT2D eigenvalue weighted by Crippen LogP contribution is -2.56. The Bertz CT molecular complexity index is 1130. The third kappa shape index (κ3) is 4.65. The Morgan fingerprint density at radius 3 is 2.75 bits per heavy atom. The highest BCUT2D eigenvalue weighted by molar-refractivity contribution is 6.32. The molecule has 3 saturated heterocycles. The molecule has 0 radical (unpaired) electrons. The number of anilines is 1. The molecule has 6 rings (SSSR count). The van der Waals surface area contributed by atoms with E-state index in [4.69, 9.17) is 21.1 Å². The molecule has 1 saturated carbocycles. The summed E-state index contributed by atoms with van der Waals surface area (Å²) in [4.78, 5) is 19.7. The fraction of sp³-hybridized carbons (Fsp3) is 0.643. The predicted octanol–water partition coefficient (Wildman–Crippen LogP) is 4.36. The fourth-order valence-corrected chi connectivity index (χ4v) is 6.80. The number of fused-ring (bicyclic) bond motifs is 1. The summed E-state index contributed by atoms with van der Waals surface area (Å²) in [6.07, 6.45) is 7.85. The van der Waals surface area contributed by atoms with Crippen LogP contribution >= 0.6 is 11.6 Å². The van der Waals surface area contributed by atoms with Gasteiger partial charge in [0.25, 0.3) is 0 Å². The number of rotatable bonds is 5. The Morgan fingerprint density at radius 1 is 1.19 bits per heavy atom.